The standard InChI is InChI=1S/C17H22N6/c1-13-11-21(12-15-4-6-19-8-9-22(13)15)16-3-2-14(10-18)23-17(16)5-7-20-23/h2-3,5,7,13,15,19H,4,6,8-9,11-12H2,1H3. The molecule has 0 bridgehead atoms. The lowest BCUT2D eigenvalue weighted by Gasteiger charge is -2.46. The van der Waals surface area contributed by atoms with Crippen LogP contribution in [0.1, 0.15) is 19.0 Å². The molecular formula is C17H22N6. The molecule has 0 aliphatic carbocycles. The Balaban J connectivity index is 1.69. The Morgan fingerprint density at radius 2 is 2.17 bits per heavy atom. The van der Waals surface area contributed by atoms with Crippen molar-refractivity contribution < 1.29 is 0 Å². The molecule has 2 aromatic rings. The van der Waals surface area contributed by atoms with Crippen molar-refractivity contribution in [1.29, 1.82) is 5.26 Å². The smallest absolute Gasteiger partial charge is 0.142 e. The lowest BCUT2D eigenvalue weighted by atomic mass is 10.0. The van der Waals surface area contributed by atoms with Crippen LogP contribution in [0.5, 0.6) is 0 Å². The summed E-state index contributed by atoms with van der Waals surface area (Å²) in [5.41, 5.74) is 2.79. The number of hydrogen-bond donors (Lipinski definition) is 1. The summed E-state index contributed by atoms with van der Waals surface area (Å²) in [5, 5.41) is 17.1. The molecule has 0 spiro atoms. The Kier molecular flexibility index (Phi) is 3.68. The Morgan fingerprint density at radius 1 is 1.26 bits per heavy atom. The first-order valence-corrected chi connectivity index (χ1v) is 8.36. The van der Waals surface area contributed by atoms with E-state index in [-0.39, 0.29) is 0 Å². The number of fused-ring (bicyclic) bond motifs is 2. The Bertz CT molecular complexity index is 745. The van der Waals surface area contributed by atoms with Crippen molar-refractivity contribution in [2.45, 2.75) is 25.4 Å². The number of nitrogens with one attached hydrogen (secondary N) is 1. The van der Waals surface area contributed by atoms with Crippen molar-refractivity contribution >= 4 is 11.2 Å². The molecule has 4 heterocycles. The van der Waals surface area contributed by atoms with E-state index in [4.69, 9.17) is 0 Å². The number of hydrogen-bond acceptors (Lipinski definition) is 5. The zero-order valence-electron chi connectivity index (χ0n) is 13.4. The molecule has 2 aliphatic heterocycles. The van der Waals surface area contributed by atoms with Crippen LogP contribution in [-0.2, 0) is 0 Å². The molecule has 6 heteroatoms. The first kappa shape index (κ1) is 14.5. The van der Waals surface area contributed by atoms with Gasteiger partial charge in [-0.3, -0.25) is 4.90 Å². The van der Waals surface area contributed by atoms with Crippen LogP contribution in [0.25, 0.3) is 5.52 Å². The maximum absolute atomic E-state index is 9.24. The molecular weight excluding hydrogens is 288 g/mol. The summed E-state index contributed by atoms with van der Waals surface area (Å²) in [6.45, 7) is 7.70. The highest BCUT2D eigenvalue weighted by atomic mass is 15.3. The van der Waals surface area contributed by atoms with Gasteiger partial charge in [-0.05, 0) is 38.1 Å². The fraction of sp³-hybridized carbons (Fsp3) is 0.529. The van der Waals surface area contributed by atoms with E-state index in [0.29, 0.717) is 17.8 Å². The third-order valence-corrected chi connectivity index (χ3v) is 5.14. The number of nitriles is 1. The van der Waals surface area contributed by atoms with E-state index in [1.165, 1.54) is 12.1 Å². The molecule has 0 amide bonds. The predicted octanol–water partition coefficient (Wildman–Crippen LogP) is 1.08. The van der Waals surface area contributed by atoms with Gasteiger partial charge in [0.2, 0.25) is 0 Å². The van der Waals surface area contributed by atoms with Gasteiger partial charge < -0.3 is 10.2 Å². The highest BCUT2D eigenvalue weighted by molar-refractivity contribution is 5.74. The van der Waals surface area contributed by atoms with Crippen LogP contribution >= 0.6 is 0 Å². The second kappa shape index (κ2) is 5.84. The lowest BCUT2D eigenvalue weighted by Crippen LogP contribution is -2.58. The van der Waals surface area contributed by atoms with Gasteiger partial charge in [0.1, 0.15) is 11.8 Å². The molecule has 4 rings (SSSR count). The van der Waals surface area contributed by atoms with Crippen LogP contribution in [0.15, 0.2) is 24.4 Å². The van der Waals surface area contributed by atoms with Gasteiger partial charge in [-0.15, -0.1) is 0 Å². The third-order valence-electron chi connectivity index (χ3n) is 5.14. The van der Waals surface area contributed by atoms with Gasteiger partial charge in [0, 0.05) is 38.3 Å². The third kappa shape index (κ3) is 2.46. The molecule has 120 valence electrons. The summed E-state index contributed by atoms with van der Waals surface area (Å²) in [4.78, 5) is 5.11. The van der Waals surface area contributed by atoms with Gasteiger partial charge in [-0.1, -0.05) is 0 Å². The second-order valence-corrected chi connectivity index (χ2v) is 6.53. The highest BCUT2D eigenvalue weighted by Gasteiger charge is 2.33. The SMILES string of the molecule is CC1CN(c2ccc(C#N)n3nccc23)CC2CCNCCN12. The number of anilines is 1. The number of nitrogens with zero attached hydrogens (tertiary/aromatic N) is 5. The summed E-state index contributed by atoms with van der Waals surface area (Å²) in [7, 11) is 0. The van der Waals surface area contributed by atoms with Crippen LogP contribution in [0.3, 0.4) is 0 Å². The van der Waals surface area contributed by atoms with Crippen LogP contribution in [0.2, 0.25) is 0 Å². The zero-order valence-corrected chi connectivity index (χ0v) is 13.4. The molecule has 6 nitrogen and oxygen atoms in total. The molecule has 2 atom stereocenters. The van der Waals surface area contributed by atoms with Crippen molar-refractivity contribution in [1.82, 2.24) is 19.8 Å². The van der Waals surface area contributed by atoms with Crippen molar-refractivity contribution in [3.05, 3.63) is 30.1 Å². The lowest BCUT2D eigenvalue weighted by molar-refractivity contribution is 0.129. The average Bonchev–Trinajstić information content (AvgIpc) is 2.92. The van der Waals surface area contributed by atoms with Gasteiger partial charge >= 0.3 is 0 Å². The summed E-state index contributed by atoms with van der Waals surface area (Å²) in [5.74, 6) is 0. The topological polar surface area (TPSA) is 59.6 Å². The van der Waals surface area contributed by atoms with Gasteiger partial charge in [0.25, 0.3) is 0 Å². The molecule has 2 saturated heterocycles. The number of piperazine rings is 1. The molecule has 0 saturated carbocycles. The first-order chi connectivity index (χ1) is 11.3. The summed E-state index contributed by atoms with van der Waals surface area (Å²) in [6, 6.07) is 9.29. The number of pyridine rings is 1. The van der Waals surface area contributed by atoms with Gasteiger partial charge in [-0.25, -0.2) is 4.52 Å². The van der Waals surface area contributed by atoms with Crippen molar-refractivity contribution in [2.75, 3.05) is 37.6 Å². The van der Waals surface area contributed by atoms with Crippen LogP contribution in [-0.4, -0.2) is 59.3 Å². The van der Waals surface area contributed by atoms with Gasteiger partial charge in [0.15, 0.2) is 0 Å². The monoisotopic (exact) mass is 310 g/mol. The molecule has 1 N–H and O–H groups in total. The van der Waals surface area contributed by atoms with Crippen LogP contribution in [0, 0.1) is 11.3 Å². The maximum atomic E-state index is 9.24. The van der Waals surface area contributed by atoms with Crippen LogP contribution < -0.4 is 10.2 Å². The minimum Gasteiger partial charge on any atom is -0.367 e. The van der Waals surface area contributed by atoms with Crippen molar-refractivity contribution in [2.24, 2.45) is 0 Å². The van der Waals surface area contributed by atoms with Crippen molar-refractivity contribution in [3.63, 3.8) is 0 Å². The Hall–Kier alpha value is -2.10. The number of rotatable bonds is 1. The van der Waals surface area contributed by atoms with Gasteiger partial charge in [0.05, 0.1) is 17.4 Å². The summed E-state index contributed by atoms with van der Waals surface area (Å²) in [6.07, 6.45) is 2.96. The van der Waals surface area contributed by atoms with Gasteiger partial charge in [-0.2, -0.15) is 10.4 Å². The quantitative estimate of drug-likeness (QED) is 0.854. The average molecular weight is 310 g/mol. The predicted molar refractivity (Wildman–Crippen MR) is 89.6 cm³/mol. The van der Waals surface area contributed by atoms with Crippen molar-refractivity contribution in [3.8, 4) is 6.07 Å². The number of aromatic nitrogens is 2. The summed E-state index contributed by atoms with van der Waals surface area (Å²) < 4.78 is 1.75. The fourth-order valence-electron chi connectivity index (χ4n) is 4.03. The van der Waals surface area contributed by atoms with E-state index in [2.05, 4.69) is 39.3 Å². The normalized spacial score (nSPS) is 25.8. The minimum atomic E-state index is 0.535. The molecule has 23 heavy (non-hydrogen) atoms. The zero-order chi connectivity index (χ0) is 15.8. The molecule has 0 radical (unpaired) electrons. The summed E-state index contributed by atoms with van der Waals surface area (Å²) >= 11 is 0. The highest BCUT2D eigenvalue weighted by Crippen LogP contribution is 2.28. The van der Waals surface area contributed by atoms with E-state index >= 15 is 0 Å². The molecule has 2 fully saturated rings. The minimum absolute atomic E-state index is 0.535. The first-order valence-electron chi connectivity index (χ1n) is 8.36. The van der Waals surface area contributed by atoms with E-state index in [1.807, 2.05) is 12.1 Å². The second-order valence-electron chi connectivity index (χ2n) is 6.53. The van der Waals surface area contributed by atoms with E-state index in [9.17, 15) is 5.26 Å². The Morgan fingerprint density at radius 3 is 3.04 bits per heavy atom. The molecule has 2 aliphatic rings. The largest absolute Gasteiger partial charge is 0.367 e. The van der Waals surface area contributed by atoms with Crippen LogP contribution in [0.4, 0.5) is 5.69 Å². The molecule has 2 aromatic heterocycles. The maximum Gasteiger partial charge on any atom is 0.142 e. The van der Waals surface area contributed by atoms with E-state index in [1.54, 1.807) is 10.7 Å². The van der Waals surface area contributed by atoms with E-state index < -0.39 is 0 Å². The van der Waals surface area contributed by atoms with E-state index in [0.717, 1.165) is 38.2 Å². The Labute approximate surface area is 136 Å². The molecule has 2 unspecified atom stereocenters. The molecule has 0 aromatic carbocycles. The fourth-order valence-corrected chi connectivity index (χ4v) is 4.03.